The summed E-state index contributed by atoms with van der Waals surface area (Å²) in [6, 6.07) is 14.0. The van der Waals surface area contributed by atoms with Crippen LogP contribution in [0.2, 0.25) is 10.0 Å². The Kier molecular flexibility index (Phi) is 3.76. The predicted octanol–water partition coefficient (Wildman–Crippen LogP) is 1.61. The molecule has 4 aromatic rings. The van der Waals surface area contributed by atoms with E-state index in [2.05, 4.69) is 22.7 Å². The zero-order valence-corrected chi connectivity index (χ0v) is 14.8. The topological polar surface area (TPSA) is 19.7 Å². The molecule has 0 saturated carbocycles. The number of para-hydroxylation sites is 1. The average molecular weight is 429 g/mol. The summed E-state index contributed by atoms with van der Waals surface area (Å²) in [6.45, 7) is 0. The van der Waals surface area contributed by atoms with Crippen LogP contribution in [0, 0.1) is 0 Å². The molecule has 1 N–H and O–H groups in total. The SMILES string of the molecule is C[n+]1c2ccccc2c(Cl)c2[nH]c3cc(Cl)ccc3c21.[I-]. The summed E-state index contributed by atoms with van der Waals surface area (Å²) in [5, 5.41) is 3.63. The third-order valence-corrected chi connectivity index (χ3v) is 4.42. The molecule has 2 nitrogen and oxygen atoms in total. The molecule has 0 aliphatic rings. The highest BCUT2D eigenvalue weighted by molar-refractivity contribution is 6.40. The molecule has 106 valence electrons. The Balaban J connectivity index is 0.00000132. The number of rotatable bonds is 0. The molecule has 4 rings (SSSR count). The smallest absolute Gasteiger partial charge is 0.240 e. The Hall–Kier alpha value is -1.04. The van der Waals surface area contributed by atoms with E-state index < -0.39 is 0 Å². The van der Waals surface area contributed by atoms with Crippen molar-refractivity contribution in [3.05, 3.63) is 52.5 Å². The summed E-state index contributed by atoms with van der Waals surface area (Å²) in [6.07, 6.45) is 0. The summed E-state index contributed by atoms with van der Waals surface area (Å²) < 4.78 is 2.17. The Morgan fingerprint density at radius 3 is 2.57 bits per heavy atom. The van der Waals surface area contributed by atoms with E-state index in [1.54, 1.807) is 0 Å². The van der Waals surface area contributed by atoms with Gasteiger partial charge in [-0.3, -0.25) is 0 Å². The Morgan fingerprint density at radius 1 is 1.00 bits per heavy atom. The molecule has 2 aromatic carbocycles. The molecule has 0 saturated heterocycles. The third kappa shape index (κ3) is 2.10. The summed E-state index contributed by atoms with van der Waals surface area (Å²) in [5.41, 5.74) is 4.16. The van der Waals surface area contributed by atoms with Gasteiger partial charge in [0.25, 0.3) is 0 Å². The lowest BCUT2D eigenvalue weighted by atomic mass is 10.1. The van der Waals surface area contributed by atoms with E-state index in [4.69, 9.17) is 23.2 Å². The quantitative estimate of drug-likeness (QED) is 0.324. The average Bonchev–Trinajstić information content (AvgIpc) is 2.83. The molecule has 0 aliphatic heterocycles. The van der Waals surface area contributed by atoms with E-state index in [0.29, 0.717) is 5.02 Å². The van der Waals surface area contributed by atoms with Crippen LogP contribution in [0.3, 0.4) is 0 Å². The number of nitrogens with one attached hydrogen (secondary N) is 1. The molecule has 0 bridgehead atoms. The molecule has 0 spiro atoms. The van der Waals surface area contributed by atoms with E-state index in [0.717, 1.165) is 37.9 Å². The van der Waals surface area contributed by atoms with Crippen LogP contribution in [0.25, 0.3) is 32.8 Å². The van der Waals surface area contributed by atoms with Gasteiger partial charge in [0, 0.05) is 11.1 Å². The zero-order chi connectivity index (χ0) is 13.9. The van der Waals surface area contributed by atoms with Crippen molar-refractivity contribution < 1.29 is 28.5 Å². The molecule has 0 amide bonds. The normalized spacial score (nSPS) is 11.2. The van der Waals surface area contributed by atoms with Gasteiger partial charge >= 0.3 is 0 Å². The number of H-pyrrole nitrogens is 1. The first-order valence-electron chi connectivity index (χ1n) is 6.34. The minimum Gasteiger partial charge on any atom is -1.00 e. The van der Waals surface area contributed by atoms with Gasteiger partial charge in [0.05, 0.1) is 21.3 Å². The van der Waals surface area contributed by atoms with Gasteiger partial charge in [0.2, 0.25) is 11.0 Å². The van der Waals surface area contributed by atoms with Gasteiger partial charge in [0.1, 0.15) is 12.6 Å². The zero-order valence-electron chi connectivity index (χ0n) is 11.1. The molecule has 0 fully saturated rings. The van der Waals surface area contributed by atoms with Crippen molar-refractivity contribution in [2.75, 3.05) is 0 Å². The molecular formula is C16H11Cl2IN2. The fourth-order valence-corrected chi connectivity index (χ4v) is 3.34. The van der Waals surface area contributed by atoms with E-state index in [9.17, 15) is 0 Å². The maximum Gasteiger partial charge on any atom is 0.240 e. The molecule has 0 aliphatic carbocycles. The molecule has 5 heteroatoms. The first-order chi connectivity index (χ1) is 9.66. The number of fused-ring (bicyclic) bond motifs is 4. The van der Waals surface area contributed by atoms with Crippen LogP contribution in [0.1, 0.15) is 0 Å². The highest BCUT2D eigenvalue weighted by atomic mass is 127. The fourth-order valence-electron chi connectivity index (χ4n) is 2.87. The maximum absolute atomic E-state index is 6.58. The van der Waals surface area contributed by atoms with Gasteiger partial charge in [-0.05, 0) is 24.3 Å². The number of pyridine rings is 1. The second-order valence-electron chi connectivity index (χ2n) is 4.93. The monoisotopic (exact) mass is 428 g/mol. The summed E-state index contributed by atoms with van der Waals surface area (Å²) >= 11 is 12.7. The minimum absolute atomic E-state index is 0. The highest BCUT2D eigenvalue weighted by Crippen LogP contribution is 2.33. The number of aryl methyl sites for hydroxylation is 1. The number of benzene rings is 2. The van der Waals surface area contributed by atoms with Crippen molar-refractivity contribution >= 4 is 56.0 Å². The predicted molar refractivity (Wildman–Crippen MR) is 84.5 cm³/mol. The number of halogens is 3. The van der Waals surface area contributed by atoms with Gasteiger partial charge in [-0.15, -0.1) is 0 Å². The first-order valence-corrected chi connectivity index (χ1v) is 7.09. The second-order valence-corrected chi connectivity index (χ2v) is 5.74. The molecule has 21 heavy (non-hydrogen) atoms. The Labute approximate surface area is 148 Å². The maximum atomic E-state index is 6.58. The van der Waals surface area contributed by atoms with Crippen molar-refractivity contribution in [3.63, 3.8) is 0 Å². The highest BCUT2D eigenvalue weighted by Gasteiger charge is 2.21. The molecule has 2 aromatic heterocycles. The number of hydrogen-bond acceptors (Lipinski definition) is 0. The van der Waals surface area contributed by atoms with Crippen molar-refractivity contribution in [1.82, 2.24) is 4.98 Å². The summed E-state index contributed by atoms with van der Waals surface area (Å²) in [5.74, 6) is 0. The lowest BCUT2D eigenvalue weighted by Gasteiger charge is -2.01. The van der Waals surface area contributed by atoms with Gasteiger partial charge in [-0.2, -0.15) is 4.57 Å². The van der Waals surface area contributed by atoms with Crippen molar-refractivity contribution in [1.29, 1.82) is 0 Å². The first kappa shape index (κ1) is 14.9. The van der Waals surface area contributed by atoms with E-state index in [-0.39, 0.29) is 24.0 Å². The standard InChI is InChI=1S/C16H10Cl2N2.HI/c1-20-13-5-3-2-4-11(13)14(18)15-16(20)10-7-6-9(17)8-12(10)19-15;/h2-8H,1H3;1H. The van der Waals surface area contributed by atoms with Crippen molar-refractivity contribution in [2.45, 2.75) is 0 Å². The summed E-state index contributed by atoms with van der Waals surface area (Å²) in [4.78, 5) is 3.38. The van der Waals surface area contributed by atoms with Crippen LogP contribution >= 0.6 is 23.2 Å². The van der Waals surface area contributed by atoms with Gasteiger partial charge < -0.3 is 29.0 Å². The van der Waals surface area contributed by atoms with Crippen LogP contribution < -0.4 is 28.5 Å². The lowest BCUT2D eigenvalue weighted by molar-refractivity contribution is -0.616. The third-order valence-electron chi connectivity index (χ3n) is 3.79. The van der Waals surface area contributed by atoms with Gasteiger partial charge in [0.15, 0.2) is 0 Å². The van der Waals surface area contributed by atoms with Crippen LogP contribution in [-0.2, 0) is 7.05 Å². The Morgan fingerprint density at radius 2 is 1.76 bits per heavy atom. The second kappa shape index (κ2) is 5.30. The van der Waals surface area contributed by atoms with E-state index >= 15 is 0 Å². The lowest BCUT2D eigenvalue weighted by Crippen LogP contribution is -3.00. The number of nitrogens with zero attached hydrogens (tertiary/aromatic N) is 1. The fraction of sp³-hybridized carbons (Fsp3) is 0.0625. The van der Waals surface area contributed by atoms with Crippen molar-refractivity contribution in [3.8, 4) is 0 Å². The van der Waals surface area contributed by atoms with Crippen LogP contribution in [0.5, 0.6) is 0 Å². The van der Waals surface area contributed by atoms with Crippen molar-refractivity contribution in [2.24, 2.45) is 7.05 Å². The number of aromatic nitrogens is 2. The van der Waals surface area contributed by atoms with Gasteiger partial charge in [-0.25, -0.2) is 0 Å². The van der Waals surface area contributed by atoms with E-state index in [1.807, 2.05) is 36.4 Å². The molecule has 0 unspecified atom stereocenters. The molecular weight excluding hydrogens is 418 g/mol. The summed E-state index contributed by atoms with van der Waals surface area (Å²) in [7, 11) is 2.06. The molecule has 0 atom stereocenters. The molecule has 0 radical (unpaired) electrons. The molecule has 2 heterocycles. The largest absolute Gasteiger partial charge is 1.00 e. The Bertz CT molecular complexity index is 992. The van der Waals surface area contributed by atoms with Crippen LogP contribution in [0.15, 0.2) is 42.5 Å². The minimum atomic E-state index is 0. The van der Waals surface area contributed by atoms with Crippen LogP contribution in [0.4, 0.5) is 0 Å². The number of aromatic amines is 1. The van der Waals surface area contributed by atoms with Crippen LogP contribution in [-0.4, -0.2) is 4.98 Å². The van der Waals surface area contributed by atoms with E-state index in [1.165, 1.54) is 0 Å². The van der Waals surface area contributed by atoms with Gasteiger partial charge in [-0.1, -0.05) is 35.3 Å². The number of hydrogen-bond donors (Lipinski definition) is 1.